The Morgan fingerprint density at radius 1 is 1.47 bits per heavy atom. The van der Waals surface area contributed by atoms with Crippen molar-refractivity contribution in [1.82, 2.24) is 4.31 Å². The van der Waals surface area contributed by atoms with Crippen molar-refractivity contribution in [3.63, 3.8) is 0 Å². The van der Waals surface area contributed by atoms with Crippen molar-refractivity contribution in [1.29, 1.82) is 0 Å². The first-order valence-electron chi connectivity index (χ1n) is 5.19. The Morgan fingerprint density at radius 3 is 2.35 bits per heavy atom. The van der Waals surface area contributed by atoms with Crippen molar-refractivity contribution in [2.45, 2.75) is 25.5 Å². The number of sulfonamides is 1. The molecule has 0 aromatic carbocycles. The highest BCUT2D eigenvalue weighted by atomic mass is 32.2. The van der Waals surface area contributed by atoms with Gasteiger partial charge in [0.25, 0.3) is 0 Å². The van der Waals surface area contributed by atoms with Gasteiger partial charge in [0.1, 0.15) is 5.25 Å². The number of amides is 1. The van der Waals surface area contributed by atoms with Crippen LogP contribution in [0.3, 0.4) is 0 Å². The molecule has 1 rings (SSSR count). The van der Waals surface area contributed by atoms with Crippen LogP contribution in [-0.2, 0) is 14.8 Å². The molecule has 2 atom stereocenters. The Balaban J connectivity index is 2.92. The molecule has 1 aliphatic rings. The SMILES string of the molecule is CC(C(N)=S)S(=O)(=O)N1CCC(C)(C(N)=O)C1. The van der Waals surface area contributed by atoms with Crippen LogP contribution in [0, 0.1) is 5.41 Å². The smallest absolute Gasteiger partial charge is 0.224 e. The van der Waals surface area contributed by atoms with Crippen LogP contribution in [-0.4, -0.2) is 42.0 Å². The van der Waals surface area contributed by atoms with Gasteiger partial charge >= 0.3 is 0 Å². The Labute approximate surface area is 106 Å². The minimum Gasteiger partial charge on any atom is -0.392 e. The Kier molecular flexibility index (Phi) is 3.80. The van der Waals surface area contributed by atoms with E-state index in [-0.39, 0.29) is 18.1 Å². The van der Waals surface area contributed by atoms with Gasteiger partial charge in [0.05, 0.1) is 10.4 Å². The van der Waals surface area contributed by atoms with Gasteiger partial charge < -0.3 is 11.5 Å². The number of thiocarbonyl (C=S) groups is 1. The summed E-state index contributed by atoms with van der Waals surface area (Å²) in [6.07, 6.45) is 0.422. The molecule has 0 aliphatic carbocycles. The van der Waals surface area contributed by atoms with E-state index in [1.807, 2.05) is 0 Å². The monoisotopic (exact) mass is 279 g/mol. The summed E-state index contributed by atoms with van der Waals surface area (Å²) in [7, 11) is -3.58. The average Bonchev–Trinajstić information content (AvgIpc) is 2.61. The molecular weight excluding hydrogens is 262 g/mol. The molecule has 1 amide bonds. The van der Waals surface area contributed by atoms with Gasteiger partial charge in [0.2, 0.25) is 15.9 Å². The van der Waals surface area contributed by atoms with Gasteiger partial charge in [0.15, 0.2) is 0 Å². The maximum atomic E-state index is 12.1. The highest BCUT2D eigenvalue weighted by Gasteiger charge is 2.44. The molecule has 1 fully saturated rings. The second-order valence-corrected chi connectivity index (χ2v) is 7.32. The van der Waals surface area contributed by atoms with E-state index in [1.165, 1.54) is 11.2 Å². The lowest BCUT2D eigenvalue weighted by molar-refractivity contribution is -0.126. The molecule has 0 saturated carbocycles. The highest BCUT2D eigenvalue weighted by molar-refractivity contribution is 7.92. The molecule has 1 saturated heterocycles. The standard InChI is InChI=1S/C9H17N3O3S2/c1-6(7(10)16)17(14,15)12-4-3-9(2,5-12)8(11)13/h6H,3-5H2,1-2H3,(H2,10,16)(H2,11,13). The zero-order valence-corrected chi connectivity index (χ0v) is 11.5. The van der Waals surface area contributed by atoms with E-state index in [1.54, 1.807) is 6.92 Å². The van der Waals surface area contributed by atoms with E-state index in [2.05, 4.69) is 0 Å². The lowest BCUT2D eigenvalue weighted by atomic mass is 9.89. The summed E-state index contributed by atoms with van der Waals surface area (Å²) in [5, 5.41) is -0.923. The van der Waals surface area contributed by atoms with Crippen LogP contribution >= 0.6 is 12.2 Å². The minimum absolute atomic E-state index is 0.0716. The van der Waals surface area contributed by atoms with E-state index in [0.717, 1.165) is 0 Å². The summed E-state index contributed by atoms with van der Waals surface area (Å²) in [5.41, 5.74) is 9.81. The Morgan fingerprint density at radius 2 is 2.00 bits per heavy atom. The van der Waals surface area contributed by atoms with Crippen molar-refractivity contribution in [3.05, 3.63) is 0 Å². The zero-order chi connectivity index (χ0) is 13.4. The third-order valence-corrected chi connectivity index (χ3v) is 5.92. The first-order chi connectivity index (χ1) is 7.61. The molecule has 0 aromatic rings. The van der Waals surface area contributed by atoms with Crippen molar-refractivity contribution < 1.29 is 13.2 Å². The molecule has 0 bridgehead atoms. The van der Waals surface area contributed by atoms with Crippen LogP contribution < -0.4 is 11.5 Å². The van der Waals surface area contributed by atoms with Crippen molar-refractivity contribution >= 4 is 33.1 Å². The quantitative estimate of drug-likeness (QED) is 0.654. The van der Waals surface area contributed by atoms with E-state index in [4.69, 9.17) is 23.7 Å². The van der Waals surface area contributed by atoms with Gasteiger partial charge in [-0.3, -0.25) is 4.79 Å². The second-order valence-electron chi connectivity index (χ2n) is 4.60. The van der Waals surface area contributed by atoms with Gasteiger partial charge in [-0.25, -0.2) is 12.7 Å². The number of hydrogen-bond acceptors (Lipinski definition) is 4. The first kappa shape index (κ1) is 14.3. The van der Waals surface area contributed by atoms with Gasteiger partial charge in [-0.1, -0.05) is 12.2 Å². The predicted molar refractivity (Wildman–Crippen MR) is 68.7 cm³/mol. The summed E-state index contributed by atoms with van der Waals surface area (Å²) in [4.78, 5) is 11.2. The average molecular weight is 279 g/mol. The maximum absolute atomic E-state index is 12.1. The molecule has 2 unspecified atom stereocenters. The van der Waals surface area contributed by atoms with Crippen molar-refractivity contribution in [3.8, 4) is 0 Å². The molecule has 0 spiro atoms. The van der Waals surface area contributed by atoms with Crippen LogP contribution in [0.15, 0.2) is 0 Å². The van der Waals surface area contributed by atoms with E-state index >= 15 is 0 Å². The number of carbonyl (C=O) groups is 1. The fourth-order valence-electron chi connectivity index (χ4n) is 1.71. The number of nitrogens with two attached hydrogens (primary N) is 2. The zero-order valence-electron chi connectivity index (χ0n) is 9.84. The molecule has 0 aromatic heterocycles. The normalized spacial score (nSPS) is 27.9. The van der Waals surface area contributed by atoms with Gasteiger partial charge in [0, 0.05) is 13.1 Å². The minimum atomic E-state index is -3.58. The van der Waals surface area contributed by atoms with Crippen LogP contribution in [0.25, 0.3) is 0 Å². The Hall–Kier alpha value is -0.730. The van der Waals surface area contributed by atoms with Gasteiger partial charge in [-0.15, -0.1) is 0 Å². The van der Waals surface area contributed by atoms with Crippen molar-refractivity contribution in [2.75, 3.05) is 13.1 Å². The number of primary amides is 1. The Bertz CT molecular complexity index is 448. The summed E-state index contributed by atoms with van der Waals surface area (Å²) in [6.45, 7) is 3.47. The van der Waals surface area contributed by atoms with E-state index < -0.39 is 26.6 Å². The first-order valence-corrected chi connectivity index (χ1v) is 7.10. The van der Waals surface area contributed by atoms with Gasteiger partial charge in [-0.2, -0.15) is 0 Å². The molecule has 1 heterocycles. The summed E-state index contributed by atoms with van der Waals surface area (Å²) < 4.78 is 25.4. The molecular formula is C9H17N3O3S2. The fraction of sp³-hybridized carbons (Fsp3) is 0.778. The molecule has 1 aliphatic heterocycles. The number of carbonyl (C=O) groups excluding carboxylic acids is 1. The molecule has 6 nitrogen and oxygen atoms in total. The van der Waals surface area contributed by atoms with E-state index in [9.17, 15) is 13.2 Å². The van der Waals surface area contributed by atoms with Crippen LogP contribution in [0.2, 0.25) is 0 Å². The lowest BCUT2D eigenvalue weighted by Crippen LogP contribution is -2.44. The highest BCUT2D eigenvalue weighted by Crippen LogP contribution is 2.32. The number of nitrogens with zero attached hydrogens (tertiary/aromatic N) is 1. The number of hydrogen-bond donors (Lipinski definition) is 2. The molecule has 17 heavy (non-hydrogen) atoms. The molecule has 8 heteroatoms. The van der Waals surface area contributed by atoms with Crippen molar-refractivity contribution in [2.24, 2.45) is 16.9 Å². The summed E-state index contributed by atoms with van der Waals surface area (Å²) in [6, 6.07) is 0. The number of rotatable bonds is 4. The second kappa shape index (κ2) is 4.51. The van der Waals surface area contributed by atoms with Gasteiger partial charge in [-0.05, 0) is 20.3 Å². The summed E-state index contributed by atoms with van der Waals surface area (Å²) >= 11 is 4.69. The molecule has 0 radical (unpaired) electrons. The fourth-order valence-corrected chi connectivity index (χ4v) is 3.62. The third-order valence-electron chi connectivity index (χ3n) is 3.24. The predicted octanol–water partition coefficient (Wildman–Crippen LogP) is -0.812. The third kappa shape index (κ3) is 2.58. The molecule has 98 valence electrons. The van der Waals surface area contributed by atoms with Crippen LogP contribution in [0.1, 0.15) is 20.3 Å². The largest absolute Gasteiger partial charge is 0.392 e. The topological polar surface area (TPSA) is 106 Å². The lowest BCUT2D eigenvalue weighted by Gasteiger charge is -2.23. The molecule has 4 N–H and O–H groups in total. The maximum Gasteiger partial charge on any atom is 0.224 e. The van der Waals surface area contributed by atoms with E-state index in [0.29, 0.717) is 6.42 Å². The van der Waals surface area contributed by atoms with Crippen LogP contribution in [0.5, 0.6) is 0 Å². The van der Waals surface area contributed by atoms with Crippen LogP contribution in [0.4, 0.5) is 0 Å². The summed E-state index contributed by atoms with van der Waals surface area (Å²) in [5.74, 6) is -0.488.